The van der Waals surface area contributed by atoms with Crippen LogP contribution in [0.15, 0.2) is 16.7 Å². The average Bonchev–Trinajstić information content (AvgIpc) is 3.37. The van der Waals surface area contributed by atoms with Crippen LogP contribution in [0.2, 0.25) is 0 Å². The van der Waals surface area contributed by atoms with Gasteiger partial charge in [0.1, 0.15) is 10.7 Å². The summed E-state index contributed by atoms with van der Waals surface area (Å²) in [6, 6.07) is 0. The number of aryl methyl sites for hydroxylation is 3. The summed E-state index contributed by atoms with van der Waals surface area (Å²) in [6.45, 7) is 1.97. The fraction of sp³-hybridized carbons (Fsp3) is 0.353. The Kier molecular flexibility index (Phi) is 4.33. The monoisotopic (exact) mass is 416 g/mol. The van der Waals surface area contributed by atoms with Crippen molar-refractivity contribution in [3.05, 3.63) is 27.8 Å². The van der Waals surface area contributed by atoms with Gasteiger partial charge in [-0.15, -0.1) is 32.9 Å². The lowest BCUT2D eigenvalue weighted by Gasteiger charge is -2.10. The summed E-state index contributed by atoms with van der Waals surface area (Å²) in [5.41, 5.74) is 2.25. The van der Waals surface area contributed by atoms with Gasteiger partial charge in [0.2, 0.25) is 5.91 Å². The number of thiophene rings is 1. The van der Waals surface area contributed by atoms with Crippen LogP contribution in [0, 0.1) is 6.92 Å². The van der Waals surface area contributed by atoms with Crippen molar-refractivity contribution < 1.29 is 4.79 Å². The quantitative estimate of drug-likeness (QED) is 0.511. The van der Waals surface area contributed by atoms with Gasteiger partial charge in [0.15, 0.2) is 15.9 Å². The van der Waals surface area contributed by atoms with Crippen molar-refractivity contribution in [3.8, 4) is 0 Å². The molecule has 0 bridgehead atoms. The number of carbonyl (C=O) groups excluding carboxylic acids is 1. The fourth-order valence-electron chi connectivity index (χ4n) is 3.45. The highest BCUT2D eigenvalue weighted by Crippen LogP contribution is 2.38. The molecule has 1 amide bonds. The molecule has 4 heterocycles. The Bertz CT molecular complexity index is 1150. The Labute approximate surface area is 167 Å². The van der Waals surface area contributed by atoms with E-state index in [2.05, 4.69) is 20.5 Å². The lowest BCUT2D eigenvalue weighted by atomic mass is 9.97. The molecule has 0 aliphatic heterocycles. The van der Waals surface area contributed by atoms with Gasteiger partial charge in [0.05, 0.1) is 11.1 Å². The van der Waals surface area contributed by atoms with Crippen molar-refractivity contribution >= 4 is 61.3 Å². The first-order chi connectivity index (χ1) is 13.2. The highest BCUT2D eigenvalue weighted by atomic mass is 32.2. The van der Waals surface area contributed by atoms with E-state index in [-0.39, 0.29) is 11.7 Å². The van der Waals surface area contributed by atoms with Gasteiger partial charge < -0.3 is 5.32 Å². The van der Waals surface area contributed by atoms with Gasteiger partial charge in [-0.05, 0) is 38.2 Å². The first kappa shape index (κ1) is 17.1. The average molecular weight is 417 g/mol. The number of hydrogen-bond acceptors (Lipinski definition) is 8. The standard InChI is InChI=1S/C17H16N6OS3/c1-9-19-15-13(10-4-2-3-5-11(10)27-15)14-21-22-17(23(9)14)26-8-12(24)20-16-18-6-7-25-16/h6-7H,2-5,8H2,1H3,(H,18,20,24). The highest BCUT2D eigenvalue weighted by Gasteiger charge is 2.22. The zero-order valence-corrected chi connectivity index (χ0v) is 17.0. The molecule has 138 valence electrons. The Morgan fingerprint density at radius 1 is 1.33 bits per heavy atom. The molecule has 4 aromatic heterocycles. The predicted octanol–water partition coefficient (Wildman–Crippen LogP) is 3.71. The number of anilines is 1. The summed E-state index contributed by atoms with van der Waals surface area (Å²) in [5, 5.41) is 15.9. The zero-order valence-electron chi connectivity index (χ0n) is 14.6. The summed E-state index contributed by atoms with van der Waals surface area (Å²) < 4.78 is 1.98. The van der Waals surface area contributed by atoms with E-state index in [1.54, 1.807) is 17.5 Å². The first-order valence-corrected chi connectivity index (χ1v) is 11.4. The van der Waals surface area contributed by atoms with Gasteiger partial charge in [0.25, 0.3) is 0 Å². The third-order valence-corrected chi connectivity index (χ3v) is 7.41. The molecule has 4 aromatic rings. The van der Waals surface area contributed by atoms with Gasteiger partial charge in [0, 0.05) is 16.5 Å². The smallest absolute Gasteiger partial charge is 0.236 e. The van der Waals surface area contributed by atoms with E-state index in [1.165, 1.54) is 46.4 Å². The molecule has 0 atom stereocenters. The number of fused-ring (bicyclic) bond motifs is 5. The summed E-state index contributed by atoms with van der Waals surface area (Å²) in [7, 11) is 0. The Morgan fingerprint density at radius 2 is 2.22 bits per heavy atom. The first-order valence-electron chi connectivity index (χ1n) is 8.69. The van der Waals surface area contributed by atoms with E-state index in [0.717, 1.165) is 34.5 Å². The van der Waals surface area contributed by atoms with Crippen LogP contribution in [0.3, 0.4) is 0 Å². The molecule has 0 fully saturated rings. The second-order valence-electron chi connectivity index (χ2n) is 6.37. The topological polar surface area (TPSA) is 85.1 Å². The van der Waals surface area contributed by atoms with Crippen molar-refractivity contribution in [3.63, 3.8) is 0 Å². The minimum absolute atomic E-state index is 0.105. The van der Waals surface area contributed by atoms with E-state index in [1.807, 2.05) is 16.7 Å². The summed E-state index contributed by atoms with van der Waals surface area (Å²) in [6.07, 6.45) is 6.35. The van der Waals surface area contributed by atoms with Crippen molar-refractivity contribution in [2.45, 2.75) is 37.8 Å². The van der Waals surface area contributed by atoms with Crippen molar-refractivity contribution in [2.75, 3.05) is 11.1 Å². The number of thioether (sulfide) groups is 1. The van der Waals surface area contributed by atoms with Crippen molar-refractivity contribution in [1.29, 1.82) is 0 Å². The highest BCUT2D eigenvalue weighted by molar-refractivity contribution is 7.99. The number of aromatic nitrogens is 5. The van der Waals surface area contributed by atoms with Gasteiger partial charge in [-0.2, -0.15) is 0 Å². The summed E-state index contributed by atoms with van der Waals surface area (Å²) >= 11 is 4.56. The van der Waals surface area contributed by atoms with Gasteiger partial charge in [-0.1, -0.05) is 11.8 Å². The van der Waals surface area contributed by atoms with Gasteiger partial charge in [-0.3, -0.25) is 9.20 Å². The molecule has 0 saturated heterocycles. The molecule has 0 radical (unpaired) electrons. The zero-order chi connectivity index (χ0) is 18.4. The molecule has 0 aromatic carbocycles. The summed E-state index contributed by atoms with van der Waals surface area (Å²) in [5.74, 6) is 0.995. The number of nitrogens with one attached hydrogen (secondary N) is 1. The lowest BCUT2D eigenvalue weighted by Crippen LogP contribution is -2.14. The number of hydrogen-bond donors (Lipinski definition) is 1. The van der Waals surface area contributed by atoms with Gasteiger partial charge in [-0.25, -0.2) is 9.97 Å². The van der Waals surface area contributed by atoms with Crippen molar-refractivity contribution in [2.24, 2.45) is 0 Å². The molecule has 1 aliphatic carbocycles. The van der Waals surface area contributed by atoms with Crippen LogP contribution in [-0.4, -0.2) is 36.2 Å². The Balaban J connectivity index is 1.48. The number of nitrogens with zero attached hydrogens (tertiary/aromatic N) is 5. The van der Waals surface area contributed by atoms with Crippen LogP contribution in [0.5, 0.6) is 0 Å². The third-order valence-electron chi connectivity index (χ3n) is 4.61. The lowest BCUT2D eigenvalue weighted by molar-refractivity contribution is -0.113. The maximum atomic E-state index is 12.2. The van der Waals surface area contributed by atoms with E-state index >= 15 is 0 Å². The largest absolute Gasteiger partial charge is 0.301 e. The minimum atomic E-state index is -0.105. The normalized spacial score (nSPS) is 14.0. The van der Waals surface area contributed by atoms with E-state index in [4.69, 9.17) is 4.98 Å². The second kappa shape index (κ2) is 6.84. The molecule has 5 rings (SSSR count). The second-order valence-corrected chi connectivity index (χ2v) is 9.29. The minimum Gasteiger partial charge on any atom is -0.301 e. The summed E-state index contributed by atoms with van der Waals surface area (Å²) in [4.78, 5) is 23.5. The predicted molar refractivity (Wildman–Crippen MR) is 109 cm³/mol. The van der Waals surface area contributed by atoms with E-state index in [0.29, 0.717) is 10.3 Å². The maximum Gasteiger partial charge on any atom is 0.236 e. The van der Waals surface area contributed by atoms with E-state index in [9.17, 15) is 4.79 Å². The van der Waals surface area contributed by atoms with Crippen LogP contribution in [0.25, 0.3) is 15.9 Å². The number of amides is 1. The Morgan fingerprint density at radius 3 is 3.07 bits per heavy atom. The molecular weight excluding hydrogens is 400 g/mol. The molecular formula is C17H16N6OS3. The fourth-order valence-corrected chi connectivity index (χ4v) is 6.07. The molecule has 10 heteroatoms. The Hall–Kier alpha value is -2.04. The molecule has 1 N–H and O–H groups in total. The molecule has 7 nitrogen and oxygen atoms in total. The molecule has 1 aliphatic rings. The van der Waals surface area contributed by atoms with Crippen LogP contribution < -0.4 is 5.32 Å². The molecule has 0 spiro atoms. The maximum absolute atomic E-state index is 12.2. The van der Waals surface area contributed by atoms with E-state index < -0.39 is 0 Å². The number of rotatable bonds is 4. The molecule has 0 saturated carbocycles. The van der Waals surface area contributed by atoms with Crippen LogP contribution >= 0.6 is 34.4 Å². The SMILES string of the molecule is Cc1nc2sc3c(c2c2nnc(SCC(=O)Nc4nccs4)n12)CCCC3. The van der Waals surface area contributed by atoms with Crippen LogP contribution in [0.4, 0.5) is 5.13 Å². The third kappa shape index (κ3) is 3.01. The molecule has 27 heavy (non-hydrogen) atoms. The number of thiazole rings is 1. The van der Waals surface area contributed by atoms with Crippen LogP contribution in [0.1, 0.15) is 29.1 Å². The van der Waals surface area contributed by atoms with Crippen molar-refractivity contribution in [1.82, 2.24) is 24.6 Å². The van der Waals surface area contributed by atoms with Crippen LogP contribution in [-0.2, 0) is 17.6 Å². The number of carbonyl (C=O) groups is 1. The van der Waals surface area contributed by atoms with Gasteiger partial charge >= 0.3 is 0 Å². The molecule has 0 unspecified atom stereocenters.